The molecule has 0 aliphatic rings. The van der Waals surface area contributed by atoms with E-state index in [2.05, 4.69) is 25.8 Å². The fraction of sp³-hybridized carbons (Fsp3) is 0.0455. The summed E-state index contributed by atoms with van der Waals surface area (Å²) in [5, 5.41) is 8.85. The Bertz CT molecular complexity index is 1230. The van der Waals surface area contributed by atoms with Gasteiger partial charge in [0.15, 0.2) is 5.84 Å². The summed E-state index contributed by atoms with van der Waals surface area (Å²) in [6.45, 7) is 0. The normalized spacial score (nSPS) is 11.4. The average Bonchev–Trinajstić information content (AvgIpc) is 2.75. The van der Waals surface area contributed by atoms with Gasteiger partial charge in [0.05, 0.1) is 10.5 Å². The van der Waals surface area contributed by atoms with Crippen LogP contribution in [0.5, 0.6) is 11.5 Å². The number of amidine groups is 1. The fourth-order valence-electron chi connectivity index (χ4n) is 2.86. The van der Waals surface area contributed by atoms with Gasteiger partial charge in [-0.3, -0.25) is 0 Å². The van der Waals surface area contributed by atoms with Crippen LogP contribution in [0.4, 0.5) is 10.1 Å². The number of benzene rings is 3. The van der Waals surface area contributed by atoms with E-state index < -0.39 is 0 Å². The maximum Gasteiger partial charge on any atom is 0.157 e. The summed E-state index contributed by atoms with van der Waals surface area (Å²) in [6.07, 6.45) is 3.26. The molecule has 0 spiro atoms. The highest BCUT2D eigenvalue weighted by Gasteiger charge is 2.10. The molecule has 0 radical (unpaired) electrons. The van der Waals surface area contributed by atoms with Crippen LogP contribution >= 0.6 is 11.6 Å². The van der Waals surface area contributed by atoms with E-state index in [1.54, 1.807) is 43.6 Å². The molecular weight excluding hydrogens is 405 g/mol. The number of hydrazone groups is 1. The third-order valence-corrected chi connectivity index (χ3v) is 4.52. The lowest BCUT2D eigenvalue weighted by Crippen LogP contribution is -2.17. The van der Waals surface area contributed by atoms with Crippen LogP contribution in [-0.2, 0) is 0 Å². The molecule has 0 amide bonds. The molecule has 0 aliphatic heterocycles. The Morgan fingerprint density at radius 2 is 2.00 bits per heavy atom. The van der Waals surface area contributed by atoms with Crippen molar-refractivity contribution in [3.63, 3.8) is 0 Å². The van der Waals surface area contributed by atoms with Gasteiger partial charge in [0.1, 0.15) is 23.6 Å². The molecule has 0 fully saturated rings. The van der Waals surface area contributed by atoms with E-state index in [0.717, 1.165) is 16.5 Å². The minimum atomic E-state index is -0.379. The summed E-state index contributed by atoms with van der Waals surface area (Å²) in [5.41, 5.74) is 5.21. The zero-order chi connectivity index (χ0) is 20.9. The van der Waals surface area contributed by atoms with Crippen molar-refractivity contribution in [2.75, 3.05) is 12.4 Å². The van der Waals surface area contributed by atoms with E-state index in [9.17, 15) is 4.39 Å². The Balaban J connectivity index is 1.57. The Kier molecular flexibility index (Phi) is 5.72. The zero-order valence-electron chi connectivity index (χ0n) is 15.9. The molecule has 30 heavy (non-hydrogen) atoms. The summed E-state index contributed by atoms with van der Waals surface area (Å²) >= 11 is 6.37. The van der Waals surface area contributed by atoms with Crippen LogP contribution in [0.15, 0.2) is 78.3 Å². The quantitative estimate of drug-likeness (QED) is 0.263. The molecule has 0 aliphatic carbocycles. The molecule has 150 valence electrons. The standard InChI is InChI=1S/C22H17ClFN5O/c1-25-29-22(14-5-7-20-15(9-14)12-26-13-27-20)28-17-6-8-21(19(23)11-17)30-18-4-2-3-16(24)10-18/h2-13,25H,1H3,(H,28,29). The Morgan fingerprint density at radius 1 is 1.10 bits per heavy atom. The monoisotopic (exact) mass is 421 g/mol. The predicted molar refractivity (Wildman–Crippen MR) is 117 cm³/mol. The molecule has 0 unspecified atom stereocenters. The van der Waals surface area contributed by atoms with Crippen molar-refractivity contribution in [2.24, 2.45) is 5.10 Å². The summed E-state index contributed by atoms with van der Waals surface area (Å²) in [6, 6.07) is 16.9. The first kappa shape index (κ1) is 19.6. The molecule has 4 rings (SSSR count). The number of halogens is 2. The molecule has 1 heterocycles. The van der Waals surface area contributed by atoms with Crippen molar-refractivity contribution in [3.8, 4) is 11.5 Å². The molecule has 2 N–H and O–H groups in total. The number of nitrogens with zero attached hydrogens (tertiary/aromatic N) is 3. The predicted octanol–water partition coefficient (Wildman–Crippen LogP) is 5.21. The Labute approximate surface area is 177 Å². The number of hydrogen-bond acceptors (Lipinski definition) is 5. The lowest BCUT2D eigenvalue weighted by Gasteiger charge is -2.13. The first-order valence-electron chi connectivity index (χ1n) is 9.07. The second kappa shape index (κ2) is 8.75. The maximum absolute atomic E-state index is 13.4. The van der Waals surface area contributed by atoms with E-state index in [1.807, 2.05) is 18.2 Å². The topological polar surface area (TPSA) is 71.4 Å². The highest BCUT2D eigenvalue weighted by Crippen LogP contribution is 2.32. The first-order valence-corrected chi connectivity index (χ1v) is 9.45. The van der Waals surface area contributed by atoms with Crippen molar-refractivity contribution in [3.05, 3.63) is 89.6 Å². The summed E-state index contributed by atoms with van der Waals surface area (Å²) in [7, 11) is 1.72. The van der Waals surface area contributed by atoms with Crippen LogP contribution in [0.1, 0.15) is 5.56 Å². The minimum Gasteiger partial charge on any atom is -0.456 e. The lowest BCUT2D eigenvalue weighted by atomic mass is 10.1. The van der Waals surface area contributed by atoms with Crippen LogP contribution < -0.4 is 15.5 Å². The lowest BCUT2D eigenvalue weighted by molar-refractivity contribution is 0.477. The molecule has 0 atom stereocenters. The average molecular weight is 422 g/mol. The largest absolute Gasteiger partial charge is 0.456 e. The highest BCUT2D eigenvalue weighted by atomic mass is 35.5. The second-order valence-electron chi connectivity index (χ2n) is 6.31. The van der Waals surface area contributed by atoms with Crippen LogP contribution in [-0.4, -0.2) is 22.9 Å². The number of anilines is 1. The van der Waals surface area contributed by atoms with Gasteiger partial charge < -0.3 is 15.5 Å². The number of fused-ring (bicyclic) bond motifs is 1. The smallest absolute Gasteiger partial charge is 0.157 e. The van der Waals surface area contributed by atoms with Crippen LogP contribution in [0.25, 0.3) is 10.9 Å². The van der Waals surface area contributed by atoms with Crippen LogP contribution in [0.3, 0.4) is 0 Å². The third-order valence-electron chi connectivity index (χ3n) is 4.22. The number of hydrogen-bond donors (Lipinski definition) is 2. The van der Waals surface area contributed by atoms with Gasteiger partial charge in [-0.25, -0.2) is 14.4 Å². The molecule has 0 saturated carbocycles. The van der Waals surface area contributed by atoms with E-state index >= 15 is 0 Å². The molecule has 8 heteroatoms. The van der Waals surface area contributed by atoms with E-state index in [1.165, 1.54) is 18.5 Å². The van der Waals surface area contributed by atoms with Gasteiger partial charge in [0.25, 0.3) is 0 Å². The van der Waals surface area contributed by atoms with Crippen molar-refractivity contribution < 1.29 is 9.13 Å². The molecular formula is C22H17ClFN5O. The van der Waals surface area contributed by atoms with Gasteiger partial charge >= 0.3 is 0 Å². The van der Waals surface area contributed by atoms with E-state index in [4.69, 9.17) is 16.3 Å². The number of aromatic nitrogens is 2. The van der Waals surface area contributed by atoms with Gasteiger partial charge in [-0.05, 0) is 48.5 Å². The fourth-order valence-corrected chi connectivity index (χ4v) is 3.08. The summed E-state index contributed by atoms with van der Waals surface area (Å²) in [4.78, 5) is 8.29. The van der Waals surface area contributed by atoms with Crippen molar-refractivity contribution in [2.45, 2.75) is 0 Å². The van der Waals surface area contributed by atoms with Gasteiger partial charge in [-0.15, -0.1) is 0 Å². The second-order valence-corrected chi connectivity index (χ2v) is 6.72. The Hall–Kier alpha value is -3.71. The number of rotatable bonds is 5. The molecule has 0 saturated heterocycles. The molecule has 4 aromatic rings. The molecule has 6 nitrogen and oxygen atoms in total. The molecule has 1 aromatic heterocycles. The molecule has 0 bridgehead atoms. The van der Waals surface area contributed by atoms with E-state index in [0.29, 0.717) is 28.0 Å². The number of ether oxygens (including phenoxy) is 1. The van der Waals surface area contributed by atoms with Crippen molar-refractivity contribution >= 4 is 34.0 Å². The summed E-state index contributed by atoms with van der Waals surface area (Å²) < 4.78 is 19.0. The van der Waals surface area contributed by atoms with Gasteiger partial charge in [-0.1, -0.05) is 17.7 Å². The van der Waals surface area contributed by atoms with Crippen molar-refractivity contribution in [1.29, 1.82) is 0 Å². The van der Waals surface area contributed by atoms with Crippen LogP contribution in [0, 0.1) is 5.82 Å². The third kappa shape index (κ3) is 4.47. The van der Waals surface area contributed by atoms with E-state index in [-0.39, 0.29) is 5.82 Å². The van der Waals surface area contributed by atoms with Crippen molar-refractivity contribution in [1.82, 2.24) is 15.4 Å². The Morgan fingerprint density at radius 3 is 2.80 bits per heavy atom. The zero-order valence-corrected chi connectivity index (χ0v) is 16.7. The van der Waals surface area contributed by atoms with Gasteiger partial charge in [0.2, 0.25) is 0 Å². The van der Waals surface area contributed by atoms with Crippen LogP contribution in [0.2, 0.25) is 5.02 Å². The van der Waals surface area contributed by atoms with Gasteiger partial charge in [-0.2, -0.15) is 5.10 Å². The maximum atomic E-state index is 13.4. The summed E-state index contributed by atoms with van der Waals surface area (Å²) in [5.74, 6) is 1.00. The molecule has 3 aromatic carbocycles. The number of nitrogens with one attached hydrogen (secondary N) is 2. The first-order chi connectivity index (χ1) is 14.6. The SMILES string of the molecule is CNN=C(Nc1ccc(Oc2cccc(F)c2)c(Cl)c1)c1ccc2ncncc2c1. The highest BCUT2D eigenvalue weighted by molar-refractivity contribution is 6.32. The van der Waals surface area contributed by atoms with Gasteiger partial charge in [0, 0.05) is 35.9 Å². The minimum absolute atomic E-state index is 0.369.